The highest BCUT2D eigenvalue weighted by atomic mass is 79.9. The van der Waals surface area contributed by atoms with Crippen molar-refractivity contribution >= 4 is 32.7 Å². The lowest BCUT2D eigenvalue weighted by Crippen LogP contribution is -1.97. The molecular weight excluding hydrogens is 316 g/mol. The van der Waals surface area contributed by atoms with E-state index in [0.717, 1.165) is 16.5 Å². The SMILES string of the molecule is O=C(O)c1cc(-c2ccc3ccccc3c2)ccc1Br. The number of hydrogen-bond acceptors (Lipinski definition) is 1. The first-order valence-electron chi connectivity index (χ1n) is 6.17. The number of fused-ring (bicyclic) bond motifs is 1. The Bertz CT molecular complexity index is 809. The lowest BCUT2D eigenvalue weighted by atomic mass is 10.00. The van der Waals surface area contributed by atoms with E-state index in [9.17, 15) is 9.90 Å². The summed E-state index contributed by atoms with van der Waals surface area (Å²) < 4.78 is 0.592. The van der Waals surface area contributed by atoms with Crippen LogP contribution in [0.1, 0.15) is 10.4 Å². The summed E-state index contributed by atoms with van der Waals surface area (Å²) >= 11 is 3.26. The fourth-order valence-corrected chi connectivity index (χ4v) is 2.65. The lowest BCUT2D eigenvalue weighted by Gasteiger charge is -2.06. The number of carboxylic acids is 1. The average Bonchev–Trinajstić information content (AvgIpc) is 2.47. The van der Waals surface area contributed by atoms with Crippen molar-refractivity contribution in [2.75, 3.05) is 0 Å². The quantitative estimate of drug-likeness (QED) is 0.722. The number of aromatic carboxylic acids is 1. The van der Waals surface area contributed by atoms with Crippen molar-refractivity contribution in [1.29, 1.82) is 0 Å². The Morgan fingerprint density at radius 3 is 2.25 bits per heavy atom. The van der Waals surface area contributed by atoms with Gasteiger partial charge in [-0.05, 0) is 56.0 Å². The van der Waals surface area contributed by atoms with Gasteiger partial charge in [0.1, 0.15) is 0 Å². The smallest absolute Gasteiger partial charge is 0.336 e. The van der Waals surface area contributed by atoms with Crippen LogP contribution in [0.15, 0.2) is 65.1 Å². The van der Waals surface area contributed by atoms with Gasteiger partial charge in [-0.1, -0.05) is 42.5 Å². The van der Waals surface area contributed by atoms with E-state index in [-0.39, 0.29) is 5.56 Å². The van der Waals surface area contributed by atoms with Crippen molar-refractivity contribution in [1.82, 2.24) is 0 Å². The van der Waals surface area contributed by atoms with Crippen LogP contribution in [0.25, 0.3) is 21.9 Å². The van der Waals surface area contributed by atoms with Gasteiger partial charge in [-0.2, -0.15) is 0 Å². The van der Waals surface area contributed by atoms with E-state index in [0.29, 0.717) is 4.47 Å². The topological polar surface area (TPSA) is 37.3 Å². The minimum Gasteiger partial charge on any atom is -0.478 e. The summed E-state index contributed by atoms with van der Waals surface area (Å²) in [6.45, 7) is 0. The third-order valence-corrected chi connectivity index (χ3v) is 3.97. The lowest BCUT2D eigenvalue weighted by molar-refractivity contribution is 0.0696. The number of hydrogen-bond donors (Lipinski definition) is 1. The molecule has 20 heavy (non-hydrogen) atoms. The van der Waals surface area contributed by atoms with E-state index in [1.807, 2.05) is 30.3 Å². The first-order valence-corrected chi connectivity index (χ1v) is 6.96. The molecule has 0 radical (unpaired) electrons. The van der Waals surface area contributed by atoms with Gasteiger partial charge in [0.25, 0.3) is 0 Å². The molecular formula is C17H11BrO2. The zero-order valence-corrected chi connectivity index (χ0v) is 12.1. The van der Waals surface area contributed by atoms with Gasteiger partial charge >= 0.3 is 5.97 Å². The van der Waals surface area contributed by atoms with Gasteiger partial charge in [0, 0.05) is 4.47 Å². The second kappa shape index (κ2) is 5.10. The average molecular weight is 327 g/mol. The summed E-state index contributed by atoms with van der Waals surface area (Å²) in [6.07, 6.45) is 0. The van der Waals surface area contributed by atoms with Crippen LogP contribution in [0.2, 0.25) is 0 Å². The largest absolute Gasteiger partial charge is 0.478 e. The molecule has 0 amide bonds. The predicted octanol–water partition coefficient (Wildman–Crippen LogP) is 4.97. The van der Waals surface area contributed by atoms with E-state index >= 15 is 0 Å². The molecule has 0 aromatic heterocycles. The Hall–Kier alpha value is -2.13. The van der Waals surface area contributed by atoms with Crippen molar-refractivity contribution in [3.63, 3.8) is 0 Å². The molecule has 0 saturated heterocycles. The molecule has 0 unspecified atom stereocenters. The molecule has 0 atom stereocenters. The van der Waals surface area contributed by atoms with E-state index in [4.69, 9.17) is 0 Å². The Kier molecular flexibility index (Phi) is 3.28. The Labute approximate surface area is 124 Å². The van der Waals surface area contributed by atoms with Crippen LogP contribution in [0.5, 0.6) is 0 Å². The van der Waals surface area contributed by atoms with Gasteiger partial charge < -0.3 is 5.11 Å². The van der Waals surface area contributed by atoms with Crippen molar-refractivity contribution in [2.24, 2.45) is 0 Å². The maximum Gasteiger partial charge on any atom is 0.336 e. The van der Waals surface area contributed by atoms with Crippen LogP contribution in [-0.4, -0.2) is 11.1 Å². The van der Waals surface area contributed by atoms with Gasteiger partial charge in [0.05, 0.1) is 5.56 Å². The minimum atomic E-state index is -0.931. The van der Waals surface area contributed by atoms with Crippen molar-refractivity contribution in [2.45, 2.75) is 0 Å². The van der Waals surface area contributed by atoms with Gasteiger partial charge in [-0.3, -0.25) is 0 Å². The number of rotatable bonds is 2. The second-order valence-electron chi connectivity index (χ2n) is 4.56. The fourth-order valence-electron chi connectivity index (χ4n) is 2.24. The molecule has 3 aromatic rings. The normalized spacial score (nSPS) is 10.7. The van der Waals surface area contributed by atoms with Gasteiger partial charge in [-0.25, -0.2) is 4.79 Å². The third kappa shape index (κ3) is 2.32. The number of carbonyl (C=O) groups is 1. The van der Waals surface area contributed by atoms with Gasteiger partial charge in [0.2, 0.25) is 0 Å². The molecule has 3 aromatic carbocycles. The zero-order chi connectivity index (χ0) is 14.1. The summed E-state index contributed by atoms with van der Waals surface area (Å²) in [5, 5.41) is 11.5. The molecule has 3 heteroatoms. The third-order valence-electron chi connectivity index (χ3n) is 3.28. The number of benzene rings is 3. The van der Waals surface area contributed by atoms with Crippen LogP contribution < -0.4 is 0 Å². The molecule has 2 nitrogen and oxygen atoms in total. The van der Waals surface area contributed by atoms with Crippen LogP contribution in [0, 0.1) is 0 Å². The summed E-state index contributed by atoms with van der Waals surface area (Å²) in [7, 11) is 0. The first kappa shape index (κ1) is 12.9. The summed E-state index contributed by atoms with van der Waals surface area (Å²) in [6, 6.07) is 19.6. The Morgan fingerprint density at radius 2 is 1.50 bits per heavy atom. The molecule has 0 fully saturated rings. The molecule has 1 N–H and O–H groups in total. The monoisotopic (exact) mass is 326 g/mol. The highest BCUT2D eigenvalue weighted by Crippen LogP contribution is 2.28. The minimum absolute atomic E-state index is 0.274. The molecule has 0 heterocycles. The van der Waals surface area contributed by atoms with Crippen LogP contribution in [0.3, 0.4) is 0 Å². The van der Waals surface area contributed by atoms with E-state index in [1.54, 1.807) is 12.1 Å². The Morgan fingerprint density at radius 1 is 0.850 bits per heavy atom. The highest BCUT2D eigenvalue weighted by molar-refractivity contribution is 9.10. The maximum atomic E-state index is 11.2. The van der Waals surface area contributed by atoms with Gasteiger partial charge in [0.15, 0.2) is 0 Å². The predicted molar refractivity (Wildman–Crippen MR) is 84.0 cm³/mol. The molecule has 0 saturated carbocycles. The van der Waals surface area contributed by atoms with Crippen molar-refractivity contribution in [3.05, 3.63) is 70.7 Å². The molecule has 3 rings (SSSR count). The molecule has 98 valence electrons. The molecule has 0 spiro atoms. The maximum absolute atomic E-state index is 11.2. The molecule has 0 aliphatic heterocycles. The summed E-state index contributed by atoms with van der Waals surface area (Å²) in [5.41, 5.74) is 2.19. The van der Waals surface area contributed by atoms with Crippen LogP contribution >= 0.6 is 15.9 Å². The molecule has 0 aliphatic carbocycles. The van der Waals surface area contributed by atoms with E-state index < -0.39 is 5.97 Å². The number of carboxylic acid groups (broad SMARTS) is 1. The van der Waals surface area contributed by atoms with E-state index in [1.165, 1.54) is 5.39 Å². The van der Waals surface area contributed by atoms with E-state index in [2.05, 4.69) is 34.1 Å². The first-order chi connectivity index (χ1) is 9.65. The molecule has 0 aliphatic rings. The summed E-state index contributed by atoms with van der Waals surface area (Å²) in [5.74, 6) is -0.931. The highest BCUT2D eigenvalue weighted by Gasteiger charge is 2.10. The fraction of sp³-hybridized carbons (Fsp3) is 0. The van der Waals surface area contributed by atoms with Crippen molar-refractivity contribution in [3.8, 4) is 11.1 Å². The van der Waals surface area contributed by atoms with Gasteiger partial charge in [-0.15, -0.1) is 0 Å². The second-order valence-corrected chi connectivity index (χ2v) is 5.42. The Balaban J connectivity index is 2.15. The van der Waals surface area contributed by atoms with Crippen LogP contribution in [0.4, 0.5) is 0 Å². The van der Waals surface area contributed by atoms with Crippen molar-refractivity contribution < 1.29 is 9.90 Å². The summed E-state index contributed by atoms with van der Waals surface area (Å²) in [4.78, 5) is 11.2. The standard InChI is InChI=1S/C17H11BrO2/c18-16-8-7-14(10-15(16)17(19)20)13-6-5-11-3-1-2-4-12(11)9-13/h1-10H,(H,19,20). The number of halogens is 1. The van der Waals surface area contributed by atoms with Crippen LogP contribution in [-0.2, 0) is 0 Å². The molecule has 0 bridgehead atoms. The zero-order valence-electron chi connectivity index (χ0n) is 10.5.